The molecule has 2 nitrogen and oxygen atoms in total. The van der Waals surface area contributed by atoms with Gasteiger partial charge >= 0.3 is 0 Å². The van der Waals surface area contributed by atoms with Gasteiger partial charge in [-0.1, -0.05) is 26.2 Å². The van der Waals surface area contributed by atoms with Gasteiger partial charge in [-0.2, -0.15) is 0 Å². The topological polar surface area (TPSA) is 46.2 Å². The molecule has 0 rings (SSSR count). The molecule has 3 N–H and O–H groups in total. The minimum atomic E-state index is 0.136. The Morgan fingerprint density at radius 2 is 2.00 bits per heavy atom. The highest BCUT2D eigenvalue weighted by molar-refractivity contribution is 4.67. The summed E-state index contributed by atoms with van der Waals surface area (Å²) in [7, 11) is 0. The van der Waals surface area contributed by atoms with Crippen molar-refractivity contribution in [1.82, 2.24) is 0 Å². The van der Waals surface area contributed by atoms with Crippen molar-refractivity contribution in [2.24, 2.45) is 11.7 Å². The summed E-state index contributed by atoms with van der Waals surface area (Å²) in [6.45, 7) is 4.38. The molecule has 0 aliphatic carbocycles. The van der Waals surface area contributed by atoms with Crippen LogP contribution in [0.4, 0.5) is 0 Å². The van der Waals surface area contributed by atoms with Crippen molar-refractivity contribution in [1.29, 1.82) is 0 Å². The van der Waals surface area contributed by atoms with Crippen LogP contribution in [0.2, 0.25) is 0 Å². The third-order valence-corrected chi connectivity index (χ3v) is 2.16. The maximum Gasteiger partial charge on any atom is 0.0473 e. The number of aliphatic hydroxyl groups is 1. The van der Waals surface area contributed by atoms with Crippen molar-refractivity contribution in [2.45, 2.75) is 45.6 Å². The standard InChI is InChI=1S/C9H21NO/c1-3-4-5-6-9(7-11)8(2)10/h8-9,11H,3-7,10H2,1-2H3. The van der Waals surface area contributed by atoms with E-state index in [2.05, 4.69) is 6.92 Å². The lowest BCUT2D eigenvalue weighted by molar-refractivity contribution is 0.198. The summed E-state index contributed by atoms with van der Waals surface area (Å²) in [6.07, 6.45) is 4.76. The molecule has 0 aromatic rings. The average molecular weight is 159 g/mol. The number of hydrogen-bond donors (Lipinski definition) is 2. The fourth-order valence-corrected chi connectivity index (χ4v) is 1.18. The highest BCUT2D eigenvalue weighted by Gasteiger charge is 2.10. The van der Waals surface area contributed by atoms with E-state index in [-0.39, 0.29) is 12.6 Å². The van der Waals surface area contributed by atoms with Gasteiger partial charge in [0.2, 0.25) is 0 Å². The van der Waals surface area contributed by atoms with Gasteiger partial charge in [0, 0.05) is 12.6 Å². The first-order chi connectivity index (χ1) is 5.22. The second-order valence-corrected chi connectivity index (χ2v) is 3.30. The monoisotopic (exact) mass is 159 g/mol. The van der Waals surface area contributed by atoms with Gasteiger partial charge in [0.05, 0.1) is 0 Å². The number of aliphatic hydroxyl groups excluding tert-OH is 1. The summed E-state index contributed by atoms with van der Waals surface area (Å²) in [6, 6.07) is 0.136. The summed E-state index contributed by atoms with van der Waals surface area (Å²) in [5.74, 6) is 0.307. The van der Waals surface area contributed by atoms with Crippen molar-refractivity contribution >= 4 is 0 Å². The van der Waals surface area contributed by atoms with E-state index in [1.807, 2.05) is 6.92 Å². The van der Waals surface area contributed by atoms with E-state index in [4.69, 9.17) is 10.8 Å². The molecule has 0 aromatic heterocycles. The number of hydrogen-bond acceptors (Lipinski definition) is 2. The summed E-state index contributed by atoms with van der Waals surface area (Å²) < 4.78 is 0. The summed E-state index contributed by atoms with van der Waals surface area (Å²) >= 11 is 0. The van der Waals surface area contributed by atoms with Crippen LogP contribution in [0.3, 0.4) is 0 Å². The Morgan fingerprint density at radius 3 is 2.36 bits per heavy atom. The van der Waals surface area contributed by atoms with Crippen molar-refractivity contribution in [3.8, 4) is 0 Å². The van der Waals surface area contributed by atoms with Gasteiger partial charge < -0.3 is 10.8 Å². The highest BCUT2D eigenvalue weighted by Crippen LogP contribution is 2.11. The van der Waals surface area contributed by atoms with Crippen molar-refractivity contribution in [3.05, 3.63) is 0 Å². The van der Waals surface area contributed by atoms with Gasteiger partial charge in [-0.05, 0) is 19.3 Å². The fourth-order valence-electron chi connectivity index (χ4n) is 1.18. The van der Waals surface area contributed by atoms with Gasteiger partial charge in [-0.15, -0.1) is 0 Å². The minimum Gasteiger partial charge on any atom is -0.396 e. The lowest BCUT2D eigenvalue weighted by Crippen LogP contribution is -2.29. The van der Waals surface area contributed by atoms with Crippen molar-refractivity contribution in [3.63, 3.8) is 0 Å². The SMILES string of the molecule is CCCCCC(CO)C(C)N. The van der Waals surface area contributed by atoms with Crippen molar-refractivity contribution < 1.29 is 5.11 Å². The first-order valence-corrected chi connectivity index (χ1v) is 4.58. The molecule has 2 unspecified atom stereocenters. The van der Waals surface area contributed by atoms with E-state index in [9.17, 15) is 0 Å². The molecule has 0 saturated heterocycles. The molecule has 0 fully saturated rings. The lowest BCUT2D eigenvalue weighted by atomic mass is 9.96. The quantitative estimate of drug-likeness (QED) is 0.577. The molecule has 0 amide bonds. The smallest absolute Gasteiger partial charge is 0.0473 e. The van der Waals surface area contributed by atoms with E-state index in [1.165, 1.54) is 19.3 Å². The normalized spacial score (nSPS) is 16.4. The van der Waals surface area contributed by atoms with Gasteiger partial charge in [-0.25, -0.2) is 0 Å². The van der Waals surface area contributed by atoms with E-state index in [0.29, 0.717) is 5.92 Å². The van der Waals surface area contributed by atoms with Crippen LogP contribution in [0.5, 0.6) is 0 Å². The third kappa shape index (κ3) is 5.22. The molecule has 0 aliphatic rings. The predicted molar refractivity (Wildman–Crippen MR) is 48.4 cm³/mol. The van der Waals surface area contributed by atoms with Crippen LogP contribution in [0.15, 0.2) is 0 Å². The Morgan fingerprint density at radius 1 is 1.36 bits per heavy atom. The van der Waals surface area contributed by atoms with Gasteiger partial charge in [-0.3, -0.25) is 0 Å². The second kappa shape index (κ2) is 6.62. The zero-order valence-corrected chi connectivity index (χ0v) is 7.71. The van der Waals surface area contributed by atoms with Crippen LogP contribution in [-0.4, -0.2) is 17.8 Å². The van der Waals surface area contributed by atoms with Crippen molar-refractivity contribution in [2.75, 3.05) is 6.61 Å². The zero-order chi connectivity index (χ0) is 8.69. The first-order valence-electron chi connectivity index (χ1n) is 4.58. The maximum atomic E-state index is 8.92. The predicted octanol–water partition coefficient (Wildman–Crippen LogP) is 1.52. The van der Waals surface area contributed by atoms with E-state index >= 15 is 0 Å². The molecule has 0 saturated carbocycles. The summed E-state index contributed by atoms with van der Waals surface area (Å²) in [5.41, 5.74) is 5.67. The molecular formula is C9H21NO. The summed E-state index contributed by atoms with van der Waals surface area (Å²) in [5, 5.41) is 8.92. The molecule has 0 heterocycles. The van der Waals surface area contributed by atoms with Crippen LogP contribution in [-0.2, 0) is 0 Å². The fraction of sp³-hybridized carbons (Fsp3) is 1.00. The first kappa shape index (κ1) is 10.9. The molecule has 2 heteroatoms. The number of rotatable bonds is 6. The molecule has 11 heavy (non-hydrogen) atoms. The Bertz CT molecular complexity index is 83.6. The Hall–Kier alpha value is -0.0800. The minimum absolute atomic E-state index is 0.136. The largest absolute Gasteiger partial charge is 0.396 e. The number of unbranched alkanes of at least 4 members (excludes halogenated alkanes) is 2. The number of nitrogens with two attached hydrogens (primary N) is 1. The highest BCUT2D eigenvalue weighted by atomic mass is 16.3. The maximum absolute atomic E-state index is 8.92. The molecule has 0 aliphatic heterocycles. The Kier molecular flexibility index (Phi) is 6.57. The molecule has 0 radical (unpaired) electrons. The van der Waals surface area contributed by atoms with Crippen LogP contribution in [0.1, 0.15) is 39.5 Å². The van der Waals surface area contributed by atoms with Gasteiger partial charge in [0.1, 0.15) is 0 Å². The summed E-state index contributed by atoms with van der Waals surface area (Å²) in [4.78, 5) is 0. The lowest BCUT2D eigenvalue weighted by Gasteiger charge is -2.17. The molecule has 0 aromatic carbocycles. The Balaban J connectivity index is 3.36. The Labute approximate surface area is 69.8 Å². The van der Waals surface area contributed by atoms with Gasteiger partial charge in [0.25, 0.3) is 0 Å². The molecule has 0 spiro atoms. The van der Waals surface area contributed by atoms with Crippen LogP contribution in [0, 0.1) is 5.92 Å². The van der Waals surface area contributed by atoms with Gasteiger partial charge in [0.15, 0.2) is 0 Å². The van der Waals surface area contributed by atoms with E-state index in [0.717, 1.165) is 6.42 Å². The molecular weight excluding hydrogens is 138 g/mol. The zero-order valence-electron chi connectivity index (χ0n) is 7.71. The average Bonchev–Trinajstić information content (AvgIpc) is 1.97. The van der Waals surface area contributed by atoms with E-state index < -0.39 is 0 Å². The molecule has 68 valence electrons. The van der Waals surface area contributed by atoms with Crippen LogP contribution >= 0.6 is 0 Å². The van der Waals surface area contributed by atoms with E-state index in [1.54, 1.807) is 0 Å². The van der Waals surface area contributed by atoms with Crippen LogP contribution < -0.4 is 5.73 Å². The second-order valence-electron chi connectivity index (χ2n) is 3.30. The molecule has 2 atom stereocenters. The van der Waals surface area contributed by atoms with Crippen LogP contribution in [0.25, 0.3) is 0 Å². The third-order valence-electron chi connectivity index (χ3n) is 2.16. The molecule has 0 bridgehead atoms.